The Morgan fingerprint density at radius 2 is 2.11 bits per heavy atom. The van der Waals surface area contributed by atoms with Crippen molar-refractivity contribution >= 4 is 23.3 Å². The van der Waals surface area contributed by atoms with Crippen LogP contribution in [0.3, 0.4) is 0 Å². The number of hydrogen-bond acceptors (Lipinski definition) is 6. The van der Waals surface area contributed by atoms with Gasteiger partial charge in [-0.25, -0.2) is 4.98 Å². The van der Waals surface area contributed by atoms with E-state index in [2.05, 4.69) is 15.0 Å². The zero-order valence-corrected chi connectivity index (χ0v) is 15.7. The van der Waals surface area contributed by atoms with Crippen LogP contribution in [0.4, 0.5) is 5.82 Å². The van der Waals surface area contributed by atoms with Crippen molar-refractivity contribution in [3.8, 4) is 0 Å². The molecule has 0 aromatic carbocycles. The van der Waals surface area contributed by atoms with Gasteiger partial charge in [0.2, 0.25) is 0 Å². The monoisotopic (exact) mass is 391 g/mol. The number of pyridine rings is 1. The van der Waals surface area contributed by atoms with Crippen LogP contribution in [0, 0.1) is 0 Å². The molecule has 9 heteroatoms. The highest BCUT2D eigenvalue weighted by Gasteiger charge is 2.25. The van der Waals surface area contributed by atoms with Crippen molar-refractivity contribution in [1.29, 1.82) is 0 Å². The molecule has 0 spiro atoms. The van der Waals surface area contributed by atoms with E-state index >= 15 is 0 Å². The molecule has 0 aliphatic carbocycles. The van der Waals surface area contributed by atoms with Gasteiger partial charge in [0.25, 0.3) is 5.91 Å². The van der Waals surface area contributed by atoms with Crippen LogP contribution < -0.4 is 4.90 Å². The molecule has 1 atom stereocenters. The standard InChI is InChI=1S/C18H22ClN5O3/c19-16-10-14(18(25)22-4-7-26-8-5-22)11-20-17(16)23-6-9-27-15(12-23)13-24-3-1-2-21-24/h1-3,10-11,15H,4-9,12-13H2. The summed E-state index contributed by atoms with van der Waals surface area (Å²) in [5.41, 5.74) is 0.506. The molecular formula is C18H22ClN5O3. The minimum atomic E-state index is -0.0576. The summed E-state index contributed by atoms with van der Waals surface area (Å²) in [6.07, 6.45) is 5.28. The molecule has 144 valence electrons. The molecule has 1 unspecified atom stereocenters. The summed E-state index contributed by atoms with van der Waals surface area (Å²) < 4.78 is 13.0. The molecule has 2 aromatic rings. The van der Waals surface area contributed by atoms with Gasteiger partial charge in [-0.05, 0) is 12.1 Å². The Morgan fingerprint density at radius 1 is 1.26 bits per heavy atom. The summed E-state index contributed by atoms with van der Waals surface area (Å²) in [4.78, 5) is 21.0. The van der Waals surface area contributed by atoms with Gasteiger partial charge in [-0.2, -0.15) is 5.10 Å². The van der Waals surface area contributed by atoms with Gasteiger partial charge in [-0.15, -0.1) is 0 Å². The molecule has 2 aliphatic heterocycles. The van der Waals surface area contributed by atoms with Crippen molar-refractivity contribution in [3.05, 3.63) is 41.3 Å². The van der Waals surface area contributed by atoms with E-state index in [4.69, 9.17) is 21.1 Å². The van der Waals surface area contributed by atoms with Crippen LogP contribution in [-0.4, -0.2) is 77.7 Å². The number of morpholine rings is 2. The summed E-state index contributed by atoms with van der Waals surface area (Å²) in [5.74, 6) is 0.627. The number of aromatic nitrogens is 3. The van der Waals surface area contributed by atoms with E-state index in [0.717, 1.165) is 0 Å². The van der Waals surface area contributed by atoms with E-state index in [-0.39, 0.29) is 12.0 Å². The second-order valence-corrected chi connectivity index (χ2v) is 7.01. The quantitative estimate of drug-likeness (QED) is 0.782. The number of rotatable bonds is 4. The molecule has 27 heavy (non-hydrogen) atoms. The normalized spacial score (nSPS) is 20.7. The largest absolute Gasteiger partial charge is 0.378 e. The van der Waals surface area contributed by atoms with Crippen molar-refractivity contribution in [1.82, 2.24) is 19.7 Å². The maximum absolute atomic E-state index is 12.6. The van der Waals surface area contributed by atoms with Gasteiger partial charge in [0, 0.05) is 44.8 Å². The Kier molecular flexibility index (Phi) is 5.56. The third kappa shape index (κ3) is 4.23. The summed E-state index contributed by atoms with van der Waals surface area (Å²) in [5, 5.41) is 4.71. The zero-order valence-electron chi connectivity index (χ0n) is 15.0. The molecule has 1 amide bonds. The first-order valence-electron chi connectivity index (χ1n) is 9.07. The lowest BCUT2D eigenvalue weighted by atomic mass is 10.2. The summed E-state index contributed by atoms with van der Waals surface area (Å²) in [6, 6.07) is 3.60. The average molecular weight is 392 g/mol. The maximum atomic E-state index is 12.6. The van der Waals surface area contributed by atoms with Crippen LogP contribution in [0.25, 0.3) is 0 Å². The molecule has 0 saturated carbocycles. The van der Waals surface area contributed by atoms with Crippen molar-refractivity contribution in [3.63, 3.8) is 0 Å². The number of carbonyl (C=O) groups is 1. The van der Waals surface area contributed by atoms with E-state index < -0.39 is 0 Å². The Labute approximate surface area is 162 Å². The van der Waals surface area contributed by atoms with Crippen molar-refractivity contribution in [2.24, 2.45) is 0 Å². The van der Waals surface area contributed by atoms with Gasteiger partial charge in [-0.1, -0.05) is 11.6 Å². The summed E-state index contributed by atoms with van der Waals surface area (Å²) in [7, 11) is 0. The molecular weight excluding hydrogens is 370 g/mol. The molecule has 0 bridgehead atoms. The molecule has 0 radical (unpaired) electrons. The molecule has 2 saturated heterocycles. The van der Waals surface area contributed by atoms with Gasteiger partial charge < -0.3 is 19.3 Å². The van der Waals surface area contributed by atoms with Gasteiger partial charge in [0.05, 0.1) is 43.1 Å². The fourth-order valence-electron chi connectivity index (χ4n) is 3.37. The van der Waals surface area contributed by atoms with E-state index in [1.165, 1.54) is 0 Å². The van der Waals surface area contributed by atoms with Gasteiger partial charge in [-0.3, -0.25) is 9.48 Å². The van der Waals surface area contributed by atoms with E-state index in [9.17, 15) is 4.79 Å². The SMILES string of the molecule is O=C(c1cnc(N2CCOC(Cn3cccn3)C2)c(Cl)c1)N1CCOCC1. The number of hydrogen-bond donors (Lipinski definition) is 0. The van der Waals surface area contributed by atoms with Crippen LogP contribution in [0.2, 0.25) is 5.02 Å². The number of carbonyl (C=O) groups excluding carboxylic acids is 1. The predicted octanol–water partition coefficient (Wildman–Crippen LogP) is 1.31. The first kappa shape index (κ1) is 18.2. The number of ether oxygens (including phenoxy) is 2. The summed E-state index contributed by atoms with van der Waals surface area (Å²) in [6.45, 7) is 4.97. The van der Waals surface area contributed by atoms with Gasteiger partial charge in [0.15, 0.2) is 0 Å². The molecule has 4 rings (SSSR count). The molecule has 2 aliphatic rings. The number of nitrogens with zero attached hydrogens (tertiary/aromatic N) is 5. The molecule has 2 aromatic heterocycles. The first-order chi connectivity index (χ1) is 13.2. The first-order valence-corrected chi connectivity index (χ1v) is 9.45. The van der Waals surface area contributed by atoms with E-state index in [1.807, 2.05) is 16.9 Å². The van der Waals surface area contributed by atoms with Crippen LogP contribution in [0.15, 0.2) is 30.7 Å². The van der Waals surface area contributed by atoms with Crippen LogP contribution >= 0.6 is 11.6 Å². The van der Waals surface area contributed by atoms with Gasteiger partial charge in [0.1, 0.15) is 5.82 Å². The van der Waals surface area contributed by atoms with E-state index in [0.29, 0.717) is 68.9 Å². The lowest BCUT2D eigenvalue weighted by Gasteiger charge is -2.34. The Hall–Kier alpha value is -2.16. The number of amides is 1. The third-order valence-electron chi connectivity index (χ3n) is 4.76. The highest BCUT2D eigenvalue weighted by molar-refractivity contribution is 6.33. The lowest BCUT2D eigenvalue weighted by Crippen LogP contribution is -2.45. The van der Waals surface area contributed by atoms with Crippen LogP contribution in [-0.2, 0) is 16.0 Å². The number of anilines is 1. The topological polar surface area (TPSA) is 72.7 Å². The second-order valence-electron chi connectivity index (χ2n) is 6.60. The molecule has 0 N–H and O–H groups in total. The Balaban J connectivity index is 1.44. The van der Waals surface area contributed by atoms with Crippen molar-refractivity contribution in [2.45, 2.75) is 12.6 Å². The van der Waals surface area contributed by atoms with Crippen LogP contribution in [0.5, 0.6) is 0 Å². The van der Waals surface area contributed by atoms with Crippen molar-refractivity contribution < 1.29 is 14.3 Å². The van der Waals surface area contributed by atoms with Crippen LogP contribution in [0.1, 0.15) is 10.4 Å². The Bertz CT molecular complexity index is 779. The third-order valence-corrected chi connectivity index (χ3v) is 5.03. The number of halogens is 1. The minimum absolute atomic E-state index is 0.00572. The fourth-order valence-corrected chi connectivity index (χ4v) is 3.65. The Morgan fingerprint density at radius 3 is 2.85 bits per heavy atom. The lowest BCUT2D eigenvalue weighted by molar-refractivity contribution is 0.0271. The minimum Gasteiger partial charge on any atom is -0.378 e. The average Bonchev–Trinajstić information content (AvgIpc) is 3.21. The maximum Gasteiger partial charge on any atom is 0.255 e. The fraction of sp³-hybridized carbons (Fsp3) is 0.500. The zero-order chi connectivity index (χ0) is 18.6. The smallest absolute Gasteiger partial charge is 0.255 e. The second kappa shape index (κ2) is 8.24. The highest BCUT2D eigenvalue weighted by atomic mass is 35.5. The van der Waals surface area contributed by atoms with E-state index in [1.54, 1.807) is 23.4 Å². The molecule has 8 nitrogen and oxygen atoms in total. The predicted molar refractivity (Wildman–Crippen MR) is 100 cm³/mol. The van der Waals surface area contributed by atoms with Gasteiger partial charge >= 0.3 is 0 Å². The summed E-state index contributed by atoms with van der Waals surface area (Å²) >= 11 is 6.48. The van der Waals surface area contributed by atoms with Crippen molar-refractivity contribution in [2.75, 3.05) is 50.9 Å². The molecule has 2 fully saturated rings. The highest BCUT2D eigenvalue weighted by Crippen LogP contribution is 2.26. The molecule has 4 heterocycles.